The van der Waals surface area contributed by atoms with E-state index in [2.05, 4.69) is 5.32 Å². The molecule has 6 heteroatoms. The van der Waals surface area contributed by atoms with Crippen LogP contribution in [0.5, 0.6) is 5.75 Å². The fraction of sp³-hybridized carbons (Fsp3) is 0.500. The molecule has 1 N–H and O–H groups in total. The van der Waals surface area contributed by atoms with E-state index in [0.717, 1.165) is 25.2 Å². The van der Waals surface area contributed by atoms with Gasteiger partial charge < -0.3 is 19.5 Å². The Morgan fingerprint density at radius 2 is 1.88 bits per heavy atom. The molecule has 0 saturated carbocycles. The summed E-state index contributed by atoms with van der Waals surface area (Å²) < 4.78 is 16.0. The maximum Gasteiger partial charge on any atom is 0.310 e. The number of esters is 1. The van der Waals surface area contributed by atoms with Crippen molar-refractivity contribution in [1.82, 2.24) is 0 Å². The zero-order chi connectivity index (χ0) is 18.4. The minimum Gasteiger partial charge on any atom is -0.497 e. The fourth-order valence-electron chi connectivity index (χ4n) is 3.33. The van der Waals surface area contributed by atoms with E-state index in [9.17, 15) is 9.59 Å². The molecule has 1 aliphatic heterocycles. The second-order valence-corrected chi connectivity index (χ2v) is 6.64. The van der Waals surface area contributed by atoms with E-state index < -0.39 is 11.8 Å². The van der Waals surface area contributed by atoms with Gasteiger partial charge in [-0.2, -0.15) is 0 Å². The molecule has 3 atom stereocenters. The van der Waals surface area contributed by atoms with Gasteiger partial charge in [0.25, 0.3) is 0 Å². The van der Waals surface area contributed by atoms with Crippen molar-refractivity contribution >= 4 is 17.6 Å². The van der Waals surface area contributed by atoms with E-state index in [0.29, 0.717) is 18.5 Å². The molecular weight excluding hydrogens is 334 g/mol. The van der Waals surface area contributed by atoms with Crippen LogP contribution in [0.15, 0.2) is 36.4 Å². The summed E-state index contributed by atoms with van der Waals surface area (Å²) in [5, 5.41) is 2.88. The standard InChI is InChI=1S/C20H25NO5/c1-24-15-10-8-14(9-11-15)21-19(22)17-6-2-3-7-18(17)20(23)26-13-16-5-4-12-25-16/h2-3,8-11,16-18H,4-7,12-13H2,1H3,(H,21,22)/t16-,17+,18-/m0/s1. The van der Waals surface area contributed by atoms with Gasteiger partial charge in [-0.1, -0.05) is 12.2 Å². The summed E-state index contributed by atoms with van der Waals surface area (Å²) in [5.74, 6) is -0.656. The van der Waals surface area contributed by atoms with Crippen molar-refractivity contribution in [3.05, 3.63) is 36.4 Å². The first-order valence-corrected chi connectivity index (χ1v) is 9.05. The number of ether oxygens (including phenoxy) is 3. The number of carbonyl (C=O) groups is 2. The van der Waals surface area contributed by atoms with Crippen LogP contribution in [0.25, 0.3) is 0 Å². The lowest BCUT2D eigenvalue weighted by atomic mass is 9.82. The summed E-state index contributed by atoms with van der Waals surface area (Å²) in [6.45, 7) is 0.993. The van der Waals surface area contributed by atoms with E-state index in [1.807, 2.05) is 12.2 Å². The van der Waals surface area contributed by atoms with Crippen molar-refractivity contribution in [2.75, 3.05) is 25.6 Å². The van der Waals surface area contributed by atoms with Crippen molar-refractivity contribution in [3.63, 3.8) is 0 Å². The van der Waals surface area contributed by atoms with Gasteiger partial charge in [0.05, 0.1) is 25.0 Å². The summed E-state index contributed by atoms with van der Waals surface area (Å²) in [5.41, 5.74) is 0.678. The van der Waals surface area contributed by atoms with E-state index >= 15 is 0 Å². The first-order valence-electron chi connectivity index (χ1n) is 9.05. The Kier molecular flexibility index (Phi) is 6.28. The van der Waals surface area contributed by atoms with Crippen LogP contribution in [-0.2, 0) is 19.1 Å². The highest BCUT2D eigenvalue weighted by atomic mass is 16.6. The van der Waals surface area contributed by atoms with Crippen molar-refractivity contribution in [2.45, 2.75) is 31.8 Å². The Balaban J connectivity index is 1.58. The minimum atomic E-state index is -0.459. The molecule has 0 radical (unpaired) electrons. The molecule has 1 aliphatic carbocycles. The Morgan fingerprint density at radius 1 is 1.15 bits per heavy atom. The van der Waals surface area contributed by atoms with Gasteiger partial charge in [0, 0.05) is 12.3 Å². The predicted molar refractivity (Wildman–Crippen MR) is 96.9 cm³/mol. The fourth-order valence-corrected chi connectivity index (χ4v) is 3.33. The van der Waals surface area contributed by atoms with Crippen LogP contribution >= 0.6 is 0 Å². The summed E-state index contributed by atoms with van der Waals surface area (Å²) in [7, 11) is 1.59. The second kappa shape index (κ2) is 8.85. The molecule has 140 valence electrons. The summed E-state index contributed by atoms with van der Waals surface area (Å²) in [6.07, 6.45) is 6.84. The first kappa shape index (κ1) is 18.5. The molecule has 0 aromatic heterocycles. The molecule has 1 heterocycles. The smallest absolute Gasteiger partial charge is 0.310 e. The largest absolute Gasteiger partial charge is 0.497 e. The number of allylic oxidation sites excluding steroid dienone is 2. The van der Waals surface area contributed by atoms with E-state index in [1.54, 1.807) is 31.4 Å². The average molecular weight is 359 g/mol. The summed E-state index contributed by atoms with van der Waals surface area (Å²) in [6, 6.07) is 7.12. The molecule has 2 aliphatic rings. The molecule has 0 spiro atoms. The van der Waals surface area contributed by atoms with Crippen molar-refractivity contribution < 1.29 is 23.8 Å². The highest BCUT2D eigenvalue weighted by Gasteiger charge is 2.35. The number of hydrogen-bond donors (Lipinski definition) is 1. The maximum atomic E-state index is 12.7. The molecule has 1 saturated heterocycles. The normalized spacial score (nSPS) is 24.9. The molecule has 6 nitrogen and oxygen atoms in total. The Morgan fingerprint density at radius 3 is 2.54 bits per heavy atom. The van der Waals surface area contributed by atoms with E-state index in [-0.39, 0.29) is 24.6 Å². The van der Waals surface area contributed by atoms with Crippen LogP contribution in [0.1, 0.15) is 25.7 Å². The zero-order valence-corrected chi connectivity index (χ0v) is 15.0. The molecule has 1 aromatic carbocycles. The third-order valence-corrected chi connectivity index (χ3v) is 4.86. The number of benzene rings is 1. The third kappa shape index (κ3) is 4.64. The van der Waals surface area contributed by atoms with E-state index in [4.69, 9.17) is 14.2 Å². The lowest BCUT2D eigenvalue weighted by Gasteiger charge is -2.26. The van der Waals surface area contributed by atoms with Crippen molar-refractivity contribution in [2.24, 2.45) is 11.8 Å². The van der Waals surface area contributed by atoms with Crippen LogP contribution in [0.4, 0.5) is 5.69 Å². The van der Waals surface area contributed by atoms with Crippen molar-refractivity contribution in [3.8, 4) is 5.75 Å². The van der Waals surface area contributed by atoms with E-state index in [1.165, 1.54) is 0 Å². The number of hydrogen-bond acceptors (Lipinski definition) is 5. The molecule has 0 bridgehead atoms. The quantitative estimate of drug-likeness (QED) is 0.624. The molecule has 1 fully saturated rings. The van der Waals surface area contributed by atoms with Crippen molar-refractivity contribution in [1.29, 1.82) is 0 Å². The highest BCUT2D eigenvalue weighted by Crippen LogP contribution is 2.29. The SMILES string of the molecule is COc1ccc(NC(=O)[C@@H]2CC=CC[C@@H]2C(=O)OC[C@@H]2CCCO2)cc1. The molecule has 0 unspecified atom stereocenters. The molecule has 3 rings (SSSR count). The van der Waals surface area contributed by atoms with Gasteiger partial charge in [-0.05, 0) is 49.9 Å². The Bertz CT molecular complexity index is 649. The summed E-state index contributed by atoms with van der Waals surface area (Å²) >= 11 is 0. The van der Waals surface area contributed by atoms with Crippen LogP contribution in [-0.4, -0.2) is 38.3 Å². The van der Waals surface area contributed by atoms with Crippen LogP contribution < -0.4 is 10.1 Å². The van der Waals surface area contributed by atoms with Gasteiger partial charge in [0.2, 0.25) is 5.91 Å². The van der Waals surface area contributed by atoms with Gasteiger partial charge in [0.15, 0.2) is 0 Å². The second-order valence-electron chi connectivity index (χ2n) is 6.64. The van der Waals surface area contributed by atoms with Gasteiger partial charge in [-0.15, -0.1) is 0 Å². The first-order chi connectivity index (χ1) is 12.7. The van der Waals surface area contributed by atoms with Gasteiger partial charge >= 0.3 is 5.97 Å². The Hall–Kier alpha value is -2.34. The molecule has 1 amide bonds. The number of carbonyl (C=O) groups excluding carboxylic acids is 2. The lowest BCUT2D eigenvalue weighted by Crippen LogP contribution is -2.36. The van der Waals surface area contributed by atoms with Crippen LogP contribution in [0.3, 0.4) is 0 Å². The minimum absolute atomic E-state index is 0.00958. The monoisotopic (exact) mass is 359 g/mol. The topological polar surface area (TPSA) is 73.9 Å². The predicted octanol–water partition coefficient (Wildman–Crippen LogP) is 2.94. The number of anilines is 1. The van der Waals surface area contributed by atoms with Crippen LogP contribution in [0, 0.1) is 11.8 Å². The summed E-state index contributed by atoms with van der Waals surface area (Å²) in [4.78, 5) is 25.2. The number of methoxy groups -OCH3 is 1. The molecule has 26 heavy (non-hydrogen) atoms. The maximum absolute atomic E-state index is 12.7. The van der Waals surface area contributed by atoms with Crippen LogP contribution in [0.2, 0.25) is 0 Å². The number of rotatable bonds is 6. The van der Waals surface area contributed by atoms with Gasteiger partial charge in [-0.25, -0.2) is 0 Å². The Labute approximate surface area is 153 Å². The molecular formula is C20H25NO5. The number of amides is 1. The van der Waals surface area contributed by atoms with Gasteiger partial charge in [0.1, 0.15) is 12.4 Å². The number of nitrogens with one attached hydrogen (secondary N) is 1. The zero-order valence-electron chi connectivity index (χ0n) is 15.0. The average Bonchev–Trinajstić information content (AvgIpc) is 3.20. The highest BCUT2D eigenvalue weighted by molar-refractivity contribution is 5.95. The third-order valence-electron chi connectivity index (χ3n) is 4.86. The van der Waals surface area contributed by atoms with Gasteiger partial charge in [-0.3, -0.25) is 9.59 Å². The lowest BCUT2D eigenvalue weighted by molar-refractivity contribution is -0.155. The molecule has 1 aromatic rings.